The van der Waals surface area contributed by atoms with E-state index in [0.29, 0.717) is 29.7 Å². The van der Waals surface area contributed by atoms with Gasteiger partial charge in [0.25, 0.3) is 0 Å². The Kier molecular flexibility index (Phi) is 23.7. The lowest BCUT2D eigenvalue weighted by Gasteiger charge is -2.29. The van der Waals surface area contributed by atoms with Crippen LogP contribution >= 0.6 is 25.3 Å². The van der Waals surface area contributed by atoms with Crippen molar-refractivity contribution in [2.24, 2.45) is 23.1 Å². The van der Waals surface area contributed by atoms with Gasteiger partial charge in [0.05, 0.1) is 12.5 Å². The van der Waals surface area contributed by atoms with Crippen molar-refractivity contribution in [1.29, 1.82) is 0 Å². The van der Waals surface area contributed by atoms with Crippen molar-refractivity contribution < 1.29 is 53.4 Å². The molecule has 18 N–H and O–H groups in total. The second-order valence-corrected chi connectivity index (χ2v) is 19.0. The van der Waals surface area contributed by atoms with Crippen LogP contribution in [0.2, 0.25) is 0 Å². The first-order valence-electron chi connectivity index (χ1n) is 24.1. The number of nitrogen functional groups attached to an aromatic ring is 1. The maximum Gasteiger partial charge on any atom is 0.305 e. The predicted molar refractivity (Wildman–Crippen MR) is 287 cm³/mol. The van der Waals surface area contributed by atoms with E-state index < -0.39 is 114 Å². The Hall–Kier alpha value is -7.35. The van der Waals surface area contributed by atoms with Gasteiger partial charge in [-0.15, -0.1) is 0 Å². The quantitative estimate of drug-likeness (QED) is 0.0166. The van der Waals surface area contributed by atoms with E-state index in [0.717, 1.165) is 16.5 Å². The lowest BCUT2D eigenvalue weighted by Crippen LogP contribution is -2.61. The normalized spacial score (nSPS) is 14.4. The summed E-state index contributed by atoms with van der Waals surface area (Å²) in [6.45, 7) is 3.48. The molecular weight excluding hydrogens is 1010 g/mol. The number of aromatic hydroxyl groups is 1. The molecule has 0 saturated carbocycles. The number of carboxylic acids is 1. The number of anilines is 1. The van der Waals surface area contributed by atoms with E-state index in [2.05, 4.69) is 67.5 Å². The SMILES string of the molecule is CC(C)[C@H](NC(=O)[C@H](CCCCN)NC(=O)[C@@H](Cc1c[nH]c2ccccc12)NC(=O)[C@H](Cc1ccc(O)cc1)NC(=O)[C@H](CS)NC(=O)[C@H](N)Cc1ccc(N)cc1)C(=O)N[C@@H](CS)C(=O)N[C@H](CC(=O)O)C(N)=O. The Balaban J connectivity index is 1.62. The molecule has 23 nitrogen and oxygen atoms in total. The molecule has 0 aliphatic heterocycles. The number of nitrogens with one attached hydrogen (secondary N) is 8. The van der Waals surface area contributed by atoms with Crippen LogP contribution in [0, 0.1) is 5.92 Å². The number of hydrogen-bond donors (Lipinski definition) is 16. The minimum absolute atomic E-state index is 0.0225. The van der Waals surface area contributed by atoms with Crippen molar-refractivity contribution in [3.8, 4) is 5.75 Å². The molecule has 406 valence electrons. The van der Waals surface area contributed by atoms with Crippen LogP contribution < -0.4 is 60.2 Å². The number of primary amides is 1. The fourth-order valence-electron chi connectivity index (χ4n) is 7.77. The predicted octanol–water partition coefficient (Wildman–Crippen LogP) is -1.19. The minimum atomic E-state index is -1.59. The number of carbonyl (C=O) groups excluding carboxylic acids is 8. The molecular formula is C50H68N12O11S2. The van der Waals surface area contributed by atoms with Crippen LogP contribution in [0.5, 0.6) is 5.75 Å². The van der Waals surface area contributed by atoms with Gasteiger partial charge in [-0.3, -0.25) is 43.2 Å². The van der Waals surface area contributed by atoms with Crippen LogP contribution in [0.25, 0.3) is 10.9 Å². The average molecular weight is 1080 g/mol. The van der Waals surface area contributed by atoms with Gasteiger partial charge in [-0.25, -0.2) is 0 Å². The van der Waals surface area contributed by atoms with Gasteiger partial charge in [0, 0.05) is 47.1 Å². The number of phenolic OH excluding ortho intramolecular Hbond substituents is 1. The maximum atomic E-state index is 14.7. The molecule has 1 heterocycles. The molecule has 0 fully saturated rings. The van der Waals surface area contributed by atoms with E-state index in [1.807, 2.05) is 18.2 Å². The number of aliphatic carboxylic acids is 1. The third-order valence-corrected chi connectivity index (χ3v) is 12.7. The largest absolute Gasteiger partial charge is 0.508 e. The summed E-state index contributed by atoms with van der Waals surface area (Å²) in [6.07, 6.45) is 1.48. The Morgan fingerprint density at radius 1 is 0.600 bits per heavy atom. The fraction of sp³-hybridized carbons (Fsp3) is 0.420. The van der Waals surface area contributed by atoms with Crippen molar-refractivity contribution in [2.75, 3.05) is 23.8 Å². The van der Waals surface area contributed by atoms with Crippen molar-refractivity contribution >= 4 is 95.1 Å². The van der Waals surface area contributed by atoms with E-state index >= 15 is 0 Å². The Morgan fingerprint density at radius 2 is 1.09 bits per heavy atom. The first-order chi connectivity index (χ1) is 35.6. The number of rotatable bonds is 30. The van der Waals surface area contributed by atoms with Crippen molar-refractivity contribution in [3.05, 3.63) is 95.7 Å². The zero-order valence-electron chi connectivity index (χ0n) is 41.5. The van der Waals surface area contributed by atoms with Gasteiger partial charge >= 0.3 is 5.97 Å². The molecule has 0 saturated heterocycles. The highest BCUT2D eigenvalue weighted by Crippen LogP contribution is 2.20. The van der Waals surface area contributed by atoms with Gasteiger partial charge in [0.2, 0.25) is 47.3 Å². The van der Waals surface area contributed by atoms with E-state index in [1.165, 1.54) is 24.3 Å². The number of unbranched alkanes of at least 4 members (excludes halogenated alkanes) is 1. The molecule has 4 rings (SSSR count). The molecule has 0 radical (unpaired) electrons. The summed E-state index contributed by atoms with van der Waals surface area (Å²) < 4.78 is 0. The summed E-state index contributed by atoms with van der Waals surface area (Å²) in [7, 11) is 0. The number of carbonyl (C=O) groups is 9. The van der Waals surface area contributed by atoms with E-state index in [1.54, 1.807) is 50.4 Å². The highest BCUT2D eigenvalue weighted by molar-refractivity contribution is 7.80. The third kappa shape index (κ3) is 18.8. The number of benzene rings is 3. The summed E-state index contributed by atoms with van der Waals surface area (Å²) in [5, 5.41) is 38.0. The van der Waals surface area contributed by atoms with Crippen LogP contribution in [0.15, 0.2) is 79.0 Å². The Bertz CT molecular complexity index is 2620. The number of phenols is 1. The molecule has 0 unspecified atom stereocenters. The zero-order chi connectivity index (χ0) is 55.4. The number of fused-ring (bicyclic) bond motifs is 1. The second kappa shape index (κ2) is 29.5. The Morgan fingerprint density at radius 3 is 1.65 bits per heavy atom. The van der Waals surface area contributed by atoms with Gasteiger partial charge in [-0.05, 0) is 85.2 Å². The number of para-hydroxylation sites is 1. The summed E-state index contributed by atoms with van der Waals surface area (Å²) in [5.41, 5.74) is 26.1. The number of hydrogen-bond acceptors (Lipinski definition) is 15. The lowest BCUT2D eigenvalue weighted by atomic mass is 10.00. The molecule has 0 aliphatic carbocycles. The number of H-pyrrole nitrogens is 1. The molecule has 0 aliphatic rings. The number of aromatic amines is 1. The topological polar surface area (TPSA) is 398 Å². The number of amides is 8. The Labute approximate surface area is 444 Å². The zero-order valence-corrected chi connectivity index (χ0v) is 43.3. The van der Waals surface area contributed by atoms with Crippen molar-refractivity contribution in [3.63, 3.8) is 0 Å². The molecule has 0 bridgehead atoms. The summed E-state index contributed by atoms with van der Waals surface area (Å²) >= 11 is 8.44. The molecule has 0 spiro atoms. The molecule has 8 atom stereocenters. The second-order valence-electron chi connectivity index (χ2n) is 18.2. The molecule has 4 aromatic rings. The van der Waals surface area contributed by atoms with Gasteiger partial charge in [0.1, 0.15) is 48.0 Å². The van der Waals surface area contributed by atoms with Crippen LogP contribution in [-0.4, -0.2) is 135 Å². The first kappa shape index (κ1) is 60.2. The number of nitrogens with two attached hydrogens (primary N) is 4. The van der Waals surface area contributed by atoms with Gasteiger partial charge in [-0.1, -0.05) is 56.3 Å². The average Bonchev–Trinajstić information content (AvgIpc) is 3.78. The molecule has 3 aromatic carbocycles. The van der Waals surface area contributed by atoms with Gasteiger partial charge in [0.15, 0.2) is 0 Å². The van der Waals surface area contributed by atoms with Crippen molar-refractivity contribution in [1.82, 2.24) is 42.2 Å². The fourth-order valence-corrected chi connectivity index (χ4v) is 8.29. The highest BCUT2D eigenvalue weighted by Gasteiger charge is 2.35. The van der Waals surface area contributed by atoms with Crippen LogP contribution in [-0.2, 0) is 62.4 Å². The smallest absolute Gasteiger partial charge is 0.305 e. The molecule has 25 heteroatoms. The van der Waals surface area contributed by atoms with Gasteiger partial charge in [-0.2, -0.15) is 25.3 Å². The van der Waals surface area contributed by atoms with Crippen LogP contribution in [0.3, 0.4) is 0 Å². The van der Waals surface area contributed by atoms with E-state index in [9.17, 15) is 48.3 Å². The molecule has 1 aromatic heterocycles. The standard InChI is InChI=1S/C50H68N12O11S2/c1-26(2)42(50(73)61-40(25-75)48(71)57-36(43(54)66)22-41(64)65)62-45(68)35(9-5-6-18-51)56-47(70)38(21-29-23-55-34-8-4-3-7-32(29)34)59-46(69)37(20-28-12-16-31(63)17-13-28)58-49(72)39(24-74)60-44(67)33(53)19-27-10-14-30(52)15-11-27/h3-4,7-8,10-17,23,26,33,35-40,42,55,63,74-75H,5-6,9,18-22,24-25,51-53H2,1-2H3,(H2,54,66)(H,56,70)(H,57,71)(H,58,72)(H,59,69)(H,60,67)(H,61,73)(H,62,68)(H,64,65)/t33-,35+,36-,37+,38-,39+,40+,42+/m1/s1. The minimum Gasteiger partial charge on any atom is -0.508 e. The van der Waals surface area contributed by atoms with Crippen molar-refractivity contribution in [2.45, 2.75) is 107 Å². The number of aromatic nitrogens is 1. The van der Waals surface area contributed by atoms with E-state index in [4.69, 9.17) is 28.0 Å². The summed E-state index contributed by atoms with van der Waals surface area (Å²) in [6, 6.07) is 9.05. The third-order valence-electron chi connectivity index (χ3n) is 12.0. The van der Waals surface area contributed by atoms with Crippen LogP contribution in [0.4, 0.5) is 5.69 Å². The molecule has 75 heavy (non-hydrogen) atoms. The summed E-state index contributed by atoms with van der Waals surface area (Å²) in [5.74, 6) is -9.46. The maximum absolute atomic E-state index is 14.7. The van der Waals surface area contributed by atoms with Gasteiger partial charge < -0.3 is 75.3 Å². The lowest BCUT2D eigenvalue weighted by molar-refractivity contribution is -0.140. The first-order valence-corrected chi connectivity index (χ1v) is 25.4. The number of thiol groups is 2. The van der Waals surface area contributed by atoms with E-state index in [-0.39, 0.29) is 49.5 Å². The monoisotopic (exact) mass is 1080 g/mol. The summed E-state index contributed by atoms with van der Waals surface area (Å²) in [4.78, 5) is 124. The van der Waals surface area contributed by atoms with Crippen LogP contribution in [0.1, 0.15) is 56.2 Å². The number of carboxylic acid groups (broad SMARTS) is 1. The molecule has 8 amide bonds. The highest BCUT2D eigenvalue weighted by atomic mass is 32.1.